The van der Waals surface area contributed by atoms with E-state index in [-0.39, 0.29) is 6.03 Å². The van der Waals surface area contributed by atoms with Crippen molar-refractivity contribution in [3.05, 3.63) is 0 Å². The average Bonchev–Trinajstić information content (AvgIpc) is 2.34. The molecule has 1 fully saturated rings. The molecule has 1 N–H and O–H groups in total. The van der Waals surface area contributed by atoms with Crippen molar-refractivity contribution >= 4 is 6.03 Å². The lowest BCUT2D eigenvalue weighted by atomic mass is 10.2. The Morgan fingerprint density at radius 1 is 1.70 bits per heavy atom. The Labute approximate surface area is 61.4 Å². The van der Waals surface area contributed by atoms with E-state index in [0.29, 0.717) is 6.04 Å². The number of hydrogen-bond donors (Lipinski definition) is 1. The van der Waals surface area contributed by atoms with E-state index < -0.39 is 0 Å². The molecule has 0 aromatic heterocycles. The molecule has 0 bridgehead atoms. The smallest absolute Gasteiger partial charge is 0.317 e. The third kappa shape index (κ3) is 1.23. The summed E-state index contributed by atoms with van der Waals surface area (Å²) < 4.78 is 0. The van der Waals surface area contributed by atoms with E-state index >= 15 is 0 Å². The first kappa shape index (κ1) is 7.38. The highest BCUT2D eigenvalue weighted by molar-refractivity contribution is 5.74. The SMILES string of the molecule is CNC(=O)N1CCCC1C. The second kappa shape index (κ2) is 2.90. The topological polar surface area (TPSA) is 32.3 Å². The molecule has 3 nitrogen and oxygen atoms in total. The molecule has 0 radical (unpaired) electrons. The third-order valence-corrected chi connectivity index (χ3v) is 2.03. The van der Waals surface area contributed by atoms with E-state index in [1.807, 2.05) is 4.90 Å². The largest absolute Gasteiger partial charge is 0.341 e. The Hall–Kier alpha value is -0.730. The van der Waals surface area contributed by atoms with E-state index in [4.69, 9.17) is 0 Å². The number of carbonyl (C=O) groups excluding carboxylic acids is 1. The number of likely N-dealkylation sites (tertiary alicyclic amines) is 1. The van der Waals surface area contributed by atoms with Gasteiger partial charge < -0.3 is 10.2 Å². The second-order valence-corrected chi connectivity index (χ2v) is 2.74. The summed E-state index contributed by atoms with van der Waals surface area (Å²) in [5, 5.41) is 2.62. The molecule has 1 heterocycles. The Bertz CT molecular complexity index is 136. The maximum atomic E-state index is 11.0. The zero-order valence-corrected chi connectivity index (χ0v) is 6.55. The Balaban J connectivity index is 2.46. The van der Waals surface area contributed by atoms with Crippen LogP contribution < -0.4 is 5.32 Å². The van der Waals surface area contributed by atoms with Crippen LogP contribution in [0.25, 0.3) is 0 Å². The van der Waals surface area contributed by atoms with Crippen molar-refractivity contribution < 1.29 is 4.79 Å². The Morgan fingerprint density at radius 3 is 2.80 bits per heavy atom. The van der Waals surface area contributed by atoms with Gasteiger partial charge in [0.15, 0.2) is 0 Å². The average molecular weight is 142 g/mol. The number of urea groups is 1. The lowest BCUT2D eigenvalue weighted by molar-refractivity contribution is 0.198. The number of carbonyl (C=O) groups is 1. The molecular weight excluding hydrogens is 128 g/mol. The first-order valence-corrected chi connectivity index (χ1v) is 3.74. The summed E-state index contributed by atoms with van der Waals surface area (Å²) in [6.07, 6.45) is 2.29. The molecule has 2 amide bonds. The number of rotatable bonds is 0. The van der Waals surface area contributed by atoms with Crippen LogP contribution in [-0.2, 0) is 0 Å². The number of nitrogens with zero attached hydrogens (tertiary/aromatic N) is 1. The minimum absolute atomic E-state index is 0.0602. The molecule has 1 saturated heterocycles. The minimum atomic E-state index is 0.0602. The van der Waals surface area contributed by atoms with Crippen molar-refractivity contribution in [1.82, 2.24) is 10.2 Å². The van der Waals surface area contributed by atoms with Gasteiger partial charge in [0.2, 0.25) is 0 Å². The molecule has 0 aromatic rings. The van der Waals surface area contributed by atoms with Crippen molar-refractivity contribution in [2.75, 3.05) is 13.6 Å². The molecule has 3 heteroatoms. The molecule has 58 valence electrons. The molecular formula is C7H14N2O. The number of nitrogens with one attached hydrogen (secondary N) is 1. The summed E-state index contributed by atoms with van der Waals surface area (Å²) in [7, 11) is 1.67. The first-order chi connectivity index (χ1) is 4.75. The van der Waals surface area contributed by atoms with Crippen LogP contribution in [0.2, 0.25) is 0 Å². The fourth-order valence-corrected chi connectivity index (χ4v) is 1.38. The van der Waals surface area contributed by atoms with Gasteiger partial charge in [0.25, 0.3) is 0 Å². The fourth-order valence-electron chi connectivity index (χ4n) is 1.38. The van der Waals surface area contributed by atoms with Crippen molar-refractivity contribution in [1.29, 1.82) is 0 Å². The van der Waals surface area contributed by atoms with Gasteiger partial charge in [-0.3, -0.25) is 0 Å². The fraction of sp³-hybridized carbons (Fsp3) is 0.857. The van der Waals surface area contributed by atoms with Gasteiger partial charge in [-0.15, -0.1) is 0 Å². The monoisotopic (exact) mass is 142 g/mol. The van der Waals surface area contributed by atoms with Gasteiger partial charge in [0, 0.05) is 19.6 Å². The van der Waals surface area contributed by atoms with Crippen molar-refractivity contribution in [2.45, 2.75) is 25.8 Å². The summed E-state index contributed by atoms with van der Waals surface area (Å²) >= 11 is 0. The predicted octanol–water partition coefficient (Wildman–Crippen LogP) is 0.810. The summed E-state index contributed by atoms with van der Waals surface area (Å²) in [5.74, 6) is 0. The molecule has 1 rings (SSSR count). The summed E-state index contributed by atoms with van der Waals surface area (Å²) in [6, 6.07) is 0.491. The maximum absolute atomic E-state index is 11.0. The lowest BCUT2D eigenvalue weighted by Crippen LogP contribution is -2.39. The predicted molar refractivity (Wildman–Crippen MR) is 39.9 cm³/mol. The van der Waals surface area contributed by atoms with E-state index in [1.165, 1.54) is 0 Å². The van der Waals surface area contributed by atoms with Crippen LogP contribution >= 0.6 is 0 Å². The van der Waals surface area contributed by atoms with Crippen molar-refractivity contribution in [2.24, 2.45) is 0 Å². The van der Waals surface area contributed by atoms with Gasteiger partial charge in [0.1, 0.15) is 0 Å². The van der Waals surface area contributed by atoms with Crippen LogP contribution in [0.5, 0.6) is 0 Å². The van der Waals surface area contributed by atoms with Crippen LogP contribution in [0.15, 0.2) is 0 Å². The highest BCUT2D eigenvalue weighted by Crippen LogP contribution is 2.15. The molecule has 1 atom stereocenters. The lowest BCUT2D eigenvalue weighted by Gasteiger charge is -2.20. The molecule has 1 aliphatic rings. The molecule has 1 unspecified atom stereocenters. The standard InChI is InChI=1S/C7H14N2O/c1-6-4-3-5-9(6)7(10)8-2/h6H,3-5H2,1-2H3,(H,8,10). The molecule has 1 aliphatic heterocycles. The maximum Gasteiger partial charge on any atom is 0.317 e. The van der Waals surface area contributed by atoms with Crippen LogP contribution in [-0.4, -0.2) is 30.6 Å². The molecule has 0 aromatic carbocycles. The van der Waals surface area contributed by atoms with Crippen LogP contribution in [0.1, 0.15) is 19.8 Å². The molecule has 0 aliphatic carbocycles. The van der Waals surface area contributed by atoms with Crippen LogP contribution in [0.3, 0.4) is 0 Å². The van der Waals surface area contributed by atoms with E-state index in [9.17, 15) is 4.79 Å². The molecule has 0 spiro atoms. The van der Waals surface area contributed by atoms with Gasteiger partial charge in [-0.05, 0) is 19.8 Å². The van der Waals surface area contributed by atoms with Crippen LogP contribution in [0, 0.1) is 0 Å². The molecule has 0 saturated carbocycles. The van der Waals surface area contributed by atoms with Crippen molar-refractivity contribution in [3.8, 4) is 0 Å². The van der Waals surface area contributed by atoms with E-state index in [1.54, 1.807) is 7.05 Å². The summed E-state index contributed by atoms with van der Waals surface area (Å²) in [5.41, 5.74) is 0. The highest BCUT2D eigenvalue weighted by atomic mass is 16.2. The minimum Gasteiger partial charge on any atom is -0.341 e. The number of amides is 2. The van der Waals surface area contributed by atoms with E-state index in [0.717, 1.165) is 19.4 Å². The molecule has 10 heavy (non-hydrogen) atoms. The summed E-state index contributed by atoms with van der Waals surface area (Å²) in [6.45, 7) is 3.00. The quantitative estimate of drug-likeness (QED) is 0.533. The van der Waals surface area contributed by atoms with Crippen molar-refractivity contribution in [3.63, 3.8) is 0 Å². The first-order valence-electron chi connectivity index (χ1n) is 3.74. The van der Waals surface area contributed by atoms with Crippen LogP contribution in [0.4, 0.5) is 4.79 Å². The summed E-state index contributed by atoms with van der Waals surface area (Å²) in [4.78, 5) is 12.9. The highest BCUT2D eigenvalue weighted by Gasteiger charge is 2.23. The Morgan fingerprint density at radius 2 is 2.40 bits per heavy atom. The normalized spacial score (nSPS) is 25.0. The van der Waals surface area contributed by atoms with Gasteiger partial charge in [-0.2, -0.15) is 0 Å². The van der Waals surface area contributed by atoms with Gasteiger partial charge in [0.05, 0.1) is 0 Å². The van der Waals surface area contributed by atoms with Gasteiger partial charge in [-0.25, -0.2) is 4.79 Å². The zero-order valence-electron chi connectivity index (χ0n) is 6.55. The third-order valence-electron chi connectivity index (χ3n) is 2.03. The second-order valence-electron chi connectivity index (χ2n) is 2.74. The van der Waals surface area contributed by atoms with E-state index in [2.05, 4.69) is 12.2 Å². The van der Waals surface area contributed by atoms with Gasteiger partial charge >= 0.3 is 6.03 Å². The van der Waals surface area contributed by atoms with Gasteiger partial charge in [-0.1, -0.05) is 0 Å². The Kier molecular flexibility index (Phi) is 2.14. The number of hydrogen-bond acceptors (Lipinski definition) is 1. The zero-order chi connectivity index (χ0) is 7.56.